The van der Waals surface area contributed by atoms with Crippen molar-refractivity contribution in [3.8, 4) is 11.4 Å². The van der Waals surface area contributed by atoms with E-state index in [1.165, 1.54) is 12.8 Å². The van der Waals surface area contributed by atoms with Crippen LogP contribution in [0.3, 0.4) is 0 Å². The van der Waals surface area contributed by atoms with Crippen LogP contribution in [0.4, 0.5) is 5.82 Å². The Bertz CT molecular complexity index is 711. The van der Waals surface area contributed by atoms with Crippen LogP contribution in [0.1, 0.15) is 62.4 Å². The molecule has 1 amide bonds. The van der Waals surface area contributed by atoms with Crippen molar-refractivity contribution < 1.29 is 4.79 Å². The number of hydrogen-bond donors (Lipinski definition) is 2. The highest BCUT2D eigenvalue weighted by atomic mass is 16.1. The minimum atomic E-state index is -0.129. The molecule has 0 bridgehead atoms. The summed E-state index contributed by atoms with van der Waals surface area (Å²) in [4.78, 5) is 21.7. The van der Waals surface area contributed by atoms with Crippen LogP contribution < -0.4 is 10.6 Å². The summed E-state index contributed by atoms with van der Waals surface area (Å²) in [5.41, 5.74) is 1.35. The van der Waals surface area contributed by atoms with Crippen LogP contribution in [-0.2, 0) is 0 Å². The summed E-state index contributed by atoms with van der Waals surface area (Å²) in [7, 11) is 0. The van der Waals surface area contributed by atoms with Gasteiger partial charge in [-0.25, -0.2) is 9.97 Å². The molecule has 0 unspecified atom stereocenters. The lowest BCUT2D eigenvalue weighted by atomic mass is 10.2. The summed E-state index contributed by atoms with van der Waals surface area (Å²) < 4.78 is 0. The Kier molecular flexibility index (Phi) is 6.58. The molecule has 2 aromatic rings. The summed E-state index contributed by atoms with van der Waals surface area (Å²) in [6.45, 7) is 2.84. The fourth-order valence-corrected chi connectivity index (χ4v) is 3.30. The molecule has 0 radical (unpaired) electrons. The molecule has 1 aromatic carbocycles. The number of nitrogens with one attached hydrogen (secondary N) is 2. The van der Waals surface area contributed by atoms with E-state index in [4.69, 9.17) is 0 Å². The Morgan fingerprint density at radius 2 is 1.88 bits per heavy atom. The Hall–Kier alpha value is -2.43. The Morgan fingerprint density at radius 1 is 1.12 bits per heavy atom. The van der Waals surface area contributed by atoms with Crippen LogP contribution >= 0.6 is 0 Å². The third-order valence-corrected chi connectivity index (χ3v) is 4.76. The smallest absolute Gasteiger partial charge is 0.270 e. The van der Waals surface area contributed by atoms with E-state index in [-0.39, 0.29) is 5.91 Å². The zero-order valence-corrected chi connectivity index (χ0v) is 15.5. The standard InChI is InChI=1S/C21H28N4O/c1-2-3-9-14-22-21(26)18-15-19(23-17-12-7-8-13-17)25-20(24-18)16-10-5-4-6-11-16/h4-6,10-11,15,17H,2-3,7-9,12-14H2,1H3,(H,22,26)(H,23,24,25). The number of amides is 1. The number of carbonyl (C=O) groups is 1. The van der Waals surface area contributed by atoms with Crippen LogP contribution in [0.15, 0.2) is 36.4 Å². The zero-order valence-electron chi connectivity index (χ0n) is 15.5. The SMILES string of the molecule is CCCCCNC(=O)c1cc(NC2CCCC2)nc(-c2ccccc2)n1. The van der Waals surface area contributed by atoms with Crippen molar-refractivity contribution in [3.63, 3.8) is 0 Å². The maximum atomic E-state index is 12.6. The van der Waals surface area contributed by atoms with Crippen LogP contribution in [-0.4, -0.2) is 28.5 Å². The second-order valence-corrected chi connectivity index (χ2v) is 6.92. The van der Waals surface area contributed by atoms with E-state index in [9.17, 15) is 4.79 Å². The molecule has 0 atom stereocenters. The van der Waals surface area contributed by atoms with Gasteiger partial charge in [0.2, 0.25) is 0 Å². The number of carbonyl (C=O) groups excluding carboxylic acids is 1. The van der Waals surface area contributed by atoms with E-state index in [2.05, 4.69) is 27.5 Å². The average Bonchev–Trinajstić information content (AvgIpc) is 3.18. The van der Waals surface area contributed by atoms with Crippen molar-refractivity contribution in [1.29, 1.82) is 0 Å². The largest absolute Gasteiger partial charge is 0.367 e. The van der Waals surface area contributed by atoms with E-state index in [1.54, 1.807) is 6.07 Å². The van der Waals surface area contributed by atoms with E-state index in [0.717, 1.165) is 43.5 Å². The molecule has 1 fully saturated rings. The molecular weight excluding hydrogens is 324 g/mol. The maximum Gasteiger partial charge on any atom is 0.270 e. The van der Waals surface area contributed by atoms with Crippen LogP contribution in [0.25, 0.3) is 11.4 Å². The van der Waals surface area contributed by atoms with Gasteiger partial charge in [0, 0.05) is 24.2 Å². The van der Waals surface area contributed by atoms with Gasteiger partial charge in [-0.2, -0.15) is 0 Å². The zero-order chi connectivity index (χ0) is 18.2. The average molecular weight is 352 g/mol. The predicted octanol–water partition coefficient (Wildman–Crippen LogP) is 4.42. The number of unbranched alkanes of at least 4 members (excludes halogenated alkanes) is 2. The second-order valence-electron chi connectivity index (χ2n) is 6.92. The quantitative estimate of drug-likeness (QED) is 0.690. The first-order valence-electron chi connectivity index (χ1n) is 9.75. The number of benzene rings is 1. The number of hydrogen-bond acceptors (Lipinski definition) is 4. The van der Waals surface area contributed by atoms with Gasteiger partial charge >= 0.3 is 0 Å². The third kappa shape index (κ3) is 5.04. The van der Waals surface area contributed by atoms with Gasteiger partial charge in [0.25, 0.3) is 5.91 Å². The first-order valence-corrected chi connectivity index (χ1v) is 9.75. The number of aromatic nitrogens is 2. The Balaban J connectivity index is 1.81. The van der Waals surface area contributed by atoms with Gasteiger partial charge in [0.15, 0.2) is 5.82 Å². The second kappa shape index (κ2) is 9.32. The lowest BCUT2D eigenvalue weighted by Gasteiger charge is -2.15. The molecule has 1 aliphatic carbocycles. The van der Waals surface area contributed by atoms with Crippen molar-refractivity contribution in [2.24, 2.45) is 0 Å². The van der Waals surface area contributed by atoms with Gasteiger partial charge in [-0.3, -0.25) is 4.79 Å². The normalized spacial score (nSPS) is 14.3. The maximum absolute atomic E-state index is 12.6. The van der Waals surface area contributed by atoms with E-state index in [0.29, 0.717) is 24.1 Å². The predicted molar refractivity (Wildman–Crippen MR) is 105 cm³/mol. The topological polar surface area (TPSA) is 66.9 Å². The first kappa shape index (κ1) is 18.4. The number of nitrogens with zero attached hydrogens (tertiary/aromatic N) is 2. The van der Waals surface area contributed by atoms with Gasteiger partial charge in [-0.05, 0) is 19.3 Å². The molecule has 0 spiro atoms. The lowest BCUT2D eigenvalue weighted by molar-refractivity contribution is 0.0948. The van der Waals surface area contributed by atoms with Crippen molar-refractivity contribution in [1.82, 2.24) is 15.3 Å². The molecule has 2 N–H and O–H groups in total. The molecule has 0 aliphatic heterocycles. The highest BCUT2D eigenvalue weighted by Gasteiger charge is 2.18. The van der Waals surface area contributed by atoms with Gasteiger partial charge in [-0.15, -0.1) is 0 Å². The minimum Gasteiger partial charge on any atom is -0.367 e. The Labute approximate surface area is 155 Å². The van der Waals surface area contributed by atoms with E-state index < -0.39 is 0 Å². The highest BCUT2D eigenvalue weighted by Crippen LogP contribution is 2.23. The Morgan fingerprint density at radius 3 is 2.62 bits per heavy atom. The van der Waals surface area contributed by atoms with Gasteiger partial charge < -0.3 is 10.6 Å². The summed E-state index contributed by atoms with van der Waals surface area (Å²) in [6.07, 6.45) is 8.06. The van der Waals surface area contributed by atoms with Crippen LogP contribution in [0.2, 0.25) is 0 Å². The number of anilines is 1. The van der Waals surface area contributed by atoms with Gasteiger partial charge in [-0.1, -0.05) is 62.9 Å². The van der Waals surface area contributed by atoms with Crippen LogP contribution in [0.5, 0.6) is 0 Å². The van der Waals surface area contributed by atoms with E-state index >= 15 is 0 Å². The molecule has 26 heavy (non-hydrogen) atoms. The fourth-order valence-electron chi connectivity index (χ4n) is 3.30. The van der Waals surface area contributed by atoms with Crippen molar-refractivity contribution >= 4 is 11.7 Å². The van der Waals surface area contributed by atoms with Crippen molar-refractivity contribution in [2.75, 3.05) is 11.9 Å². The van der Waals surface area contributed by atoms with Crippen LogP contribution in [0, 0.1) is 0 Å². The lowest BCUT2D eigenvalue weighted by Crippen LogP contribution is -2.26. The molecular formula is C21H28N4O. The van der Waals surface area contributed by atoms with Crippen molar-refractivity contribution in [2.45, 2.75) is 57.9 Å². The molecule has 5 nitrogen and oxygen atoms in total. The molecule has 1 aliphatic rings. The summed E-state index contributed by atoms with van der Waals surface area (Å²) in [5.74, 6) is 1.20. The molecule has 1 aromatic heterocycles. The van der Waals surface area contributed by atoms with E-state index in [1.807, 2.05) is 30.3 Å². The van der Waals surface area contributed by atoms with Crippen molar-refractivity contribution in [3.05, 3.63) is 42.1 Å². The molecule has 138 valence electrons. The summed E-state index contributed by atoms with van der Waals surface area (Å²) in [5, 5.41) is 6.47. The van der Waals surface area contributed by atoms with Gasteiger partial charge in [0.1, 0.15) is 11.5 Å². The summed E-state index contributed by atoms with van der Waals surface area (Å²) in [6, 6.07) is 12.0. The first-order chi connectivity index (χ1) is 12.8. The monoisotopic (exact) mass is 352 g/mol. The molecule has 1 heterocycles. The molecule has 3 rings (SSSR count). The summed E-state index contributed by atoms with van der Waals surface area (Å²) >= 11 is 0. The highest BCUT2D eigenvalue weighted by molar-refractivity contribution is 5.93. The molecule has 5 heteroatoms. The number of rotatable bonds is 8. The third-order valence-electron chi connectivity index (χ3n) is 4.76. The molecule has 0 saturated heterocycles. The van der Waals surface area contributed by atoms with Gasteiger partial charge in [0.05, 0.1) is 0 Å². The minimum absolute atomic E-state index is 0.129. The molecule has 1 saturated carbocycles. The fraction of sp³-hybridized carbons (Fsp3) is 0.476.